The standard InChI is InChI=1S/C17H30N2O/c1-6-19(7-2)13-15(5)18-12-16-9-8-10-17(11-16)20-14(3)4/h8-11,14-15,18H,6-7,12-13H2,1-5H3. The van der Waals surface area contributed by atoms with Crippen LogP contribution >= 0.6 is 0 Å². The van der Waals surface area contributed by atoms with Crippen molar-refractivity contribution in [3.05, 3.63) is 29.8 Å². The molecule has 1 atom stereocenters. The van der Waals surface area contributed by atoms with E-state index in [9.17, 15) is 0 Å². The largest absolute Gasteiger partial charge is 0.491 e. The van der Waals surface area contributed by atoms with Gasteiger partial charge < -0.3 is 15.0 Å². The van der Waals surface area contributed by atoms with Gasteiger partial charge in [0.25, 0.3) is 0 Å². The Labute approximate surface area is 124 Å². The van der Waals surface area contributed by atoms with E-state index in [4.69, 9.17) is 4.74 Å². The number of hydrogen-bond acceptors (Lipinski definition) is 3. The van der Waals surface area contributed by atoms with Crippen molar-refractivity contribution in [3.63, 3.8) is 0 Å². The van der Waals surface area contributed by atoms with Gasteiger partial charge in [0.2, 0.25) is 0 Å². The maximum absolute atomic E-state index is 5.72. The normalized spacial score (nSPS) is 12.9. The van der Waals surface area contributed by atoms with Crippen LogP contribution in [0.1, 0.15) is 40.2 Å². The summed E-state index contributed by atoms with van der Waals surface area (Å²) < 4.78 is 5.72. The van der Waals surface area contributed by atoms with Crippen molar-refractivity contribution in [1.29, 1.82) is 0 Å². The van der Waals surface area contributed by atoms with Gasteiger partial charge in [0.05, 0.1) is 6.10 Å². The van der Waals surface area contributed by atoms with Crippen LogP contribution in [0.5, 0.6) is 5.75 Å². The molecule has 0 saturated carbocycles. The molecule has 0 fully saturated rings. The van der Waals surface area contributed by atoms with Gasteiger partial charge in [-0.1, -0.05) is 26.0 Å². The van der Waals surface area contributed by atoms with Crippen molar-refractivity contribution in [1.82, 2.24) is 10.2 Å². The second-order valence-corrected chi connectivity index (χ2v) is 5.58. The molecule has 0 saturated heterocycles. The molecule has 0 aliphatic carbocycles. The Hall–Kier alpha value is -1.06. The molecule has 1 rings (SSSR count). The minimum absolute atomic E-state index is 0.222. The lowest BCUT2D eigenvalue weighted by molar-refractivity contribution is 0.242. The molecule has 0 heterocycles. The third-order valence-electron chi connectivity index (χ3n) is 3.35. The predicted molar refractivity (Wildman–Crippen MR) is 86.3 cm³/mol. The van der Waals surface area contributed by atoms with Gasteiger partial charge >= 0.3 is 0 Å². The first-order chi connectivity index (χ1) is 9.55. The molecule has 3 heteroatoms. The van der Waals surface area contributed by atoms with E-state index in [-0.39, 0.29) is 6.10 Å². The van der Waals surface area contributed by atoms with Crippen molar-refractivity contribution in [3.8, 4) is 5.75 Å². The number of nitrogens with one attached hydrogen (secondary N) is 1. The summed E-state index contributed by atoms with van der Waals surface area (Å²) in [4.78, 5) is 2.44. The fraction of sp³-hybridized carbons (Fsp3) is 0.647. The summed E-state index contributed by atoms with van der Waals surface area (Å²) in [7, 11) is 0. The zero-order valence-electron chi connectivity index (χ0n) is 13.6. The molecule has 0 radical (unpaired) electrons. The van der Waals surface area contributed by atoms with Crippen molar-refractivity contribution in [2.45, 2.75) is 53.3 Å². The third kappa shape index (κ3) is 6.40. The second-order valence-electron chi connectivity index (χ2n) is 5.58. The maximum atomic E-state index is 5.72. The summed E-state index contributed by atoms with van der Waals surface area (Å²) in [6.45, 7) is 15.0. The van der Waals surface area contributed by atoms with Crippen LogP contribution in [-0.4, -0.2) is 36.7 Å². The van der Waals surface area contributed by atoms with Gasteiger partial charge in [-0.2, -0.15) is 0 Å². The summed E-state index contributed by atoms with van der Waals surface area (Å²) in [5, 5.41) is 3.58. The lowest BCUT2D eigenvalue weighted by Gasteiger charge is -2.23. The SMILES string of the molecule is CCN(CC)CC(C)NCc1cccc(OC(C)C)c1. The van der Waals surface area contributed by atoms with E-state index in [0.717, 1.165) is 31.9 Å². The summed E-state index contributed by atoms with van der Waals surface area (Å²) in [6, 6.07) is 8.83. The Kier molecular flexibility index (Phi) is 7.63. The number of nitrogens with zero attached hydrogens (tertiary/aromatic N) is 1. The predicted octanol–water partition coefficient (Wildman–Crippen LogP) is 3.29. The molecule has 114 valence electrons. The second kappa shape index (κ2) is 8.98. The number of hydrogen-bond donors (Lipinski definition) is 1. The summed E-state index contributed by atoms with van der Waals surface area (Å²) in [5.74, 6) is 0.954. The van der Waals surface area contributed by atoms with Crippen LogP contribution in [0.25, 0.3) is 0 Å². The minimum atomic E-state index is 0.222. The zero-order valence-corrected chi connectivity index (χ0v) is 13.6. The Morgan fingerprint density at radius 3 is 2.45 bits per heavy atom. The van der Waals surface area contributed by atoms with Crippen LogP contribution in [0, 0.1) is 0 Å². The quantitative estimate of drug-likeness (QED) is 0.750. The fourth-order valence-electron chi connectivity index (χ4n) is 2.23. The number of benzene rings is 1. The van der Waals surface area contributed by atoms with Crippen molar-refractivity contribution in [2.75, 3.05) is 19.6 Å². The van der Waals surface area contributed by atoms with Crippen LogP contribution in [0.4, 0.5) is 0 Å². The summed E-state index contributed by atoms with van der Waals surface area (Å²) in [5.41, 5.74) is 1.27. The summed E-state index contributed by atoms with van der Waals surface area (Å²) >= 11 is 0. The van der Waals surface area contributed by atoms with E-state index in [0.29, 0.717) is 6.04 Å². The first kappa shape index (κ1) is 17.0. The number of likely N-dealkylation sites (N-methyl/N-ethyl adjacent to an activating group) is 1. The van der Waals surface area contributed by atoms with Crippen molar-refractivity contribution >= 4 is 0 Å². The van der Waals surface area contributed by atoms with Gasteiger partial charge in [-0.25, -0.2) is 0 Å². The Morgan fingerprint density at radius 1 is 1.15 bits per heavy atom. The first-order valence-electron chi connectivity index (χ1n) is 7.76. The topological polar surface area (TPSA) is 24.5 Å². The van der Waals surface area contributed by atoms with Gasteiger partial charge in [0.1, 0.15) is 5.75 Å². The molecule has 20 heavy (non-hydrogen) atoms. The third-order valence-corrected chi connectivity index (χ3v) is 3.35. The first-order valence-corrected chi connectivity index (χ1v) is 7.76. The van der Waals surface area contributed by atoms with E-state index >= 15 is 0 Å². The molecular weight excluding hydrogens is 248 g/mol. The van der Waals surface area contributed by atoms with Crippen LogP contribution < -0.4 is 10.1 Å². The average Bonchev–Trinajstić information content (AvgIpc) is 2.42. The molecule has 0 aromatic heterocycles. The molecule has 0 bridgehead atoms. The van der Waals surface area contributed by atoms with Gasteiger partial charge in [0.15, 0.2) is 0 Å². The van der Waals surface area contributed by atoms with Crippen molar-refractivity contribution < 1.29 is 4.74 Å². The zero-order chi connectivity index (χ0) is 15.0. The number of rotatable bonds is 9. The Bertz CT molecular complexity index is 375. The lowest BCUT2D eigenvalue weighted by atomic mass is 10.2. The average molecular weight is 278 g/mol. The highest BCUT2D eigenvalue weighted by Crippen LogP contribution is 2.14. The molecule has 0 spiro atoms. The van der Waals surface area contributed by atoms with Gasteiger partial charge in [-0.3, -0.25) is 0 Å². The monoisotopic (exact) mass is 278 g/mol. The molecule has 1 aromatic carbocycles. The molecule has 0 amide bonds. The molecule has 0 aliphatic rings. The van der Waals surface area contributed by atoms with Crippen LogP contribution in [0.2, 0.25) is 0 Å². The molecule has 0 aliphatic heterocycles. The Morgan fingerprint density at radius 2 is 1.85 bits per heavy atom. The van der Waals surface area contributed by atoms with E-state index in [1.54, 1.807) is 0 Å². The molecular formula is C17H30N2O. The van der Waals surface area contributed by atoms with Gasteiger partial charge in [0, 0.05) is 19.1 Å². The van der Waals surface area contributed by atoms with Crippen LogP contribution in [-0.2, 0) is 6.54 Å². The molecule has 1 N–H and O–H groups in total. The molecule has 1 aromatic rings. The Balaban J connectivity index is 2.44. The minimum Gasteiger partial charge on any atom is -0.491 e. The smallest absolute Gasteiger partial charge is 0.120 e. The highest BCUT2D eigenvalue weighted by atomic mass is 16.5. The van der Waals surface area contributed by atoms with E-state index in [2.05, 4.69) is 63.0 Å². The lowest BCUT2D eigenvalue weighted by Crippen LogP contribution is -2.38. The molecule has 3 nitrogen and oxygen atoms in total. The summed E-state index contributed by atoms with van der Waals surface area (Å²) in [6.07, 6.45) is 0.222. The fourth-order valence-corrected chi connectivity index (χ4v) is 2.23. The van der Waals surface area contributed by atoms with Crippen LogP contribution in [0.3, 0.4) is 0 Å². The van der Waals surface area contributed by atoms with E-state index in [1.807, 2.05) is 6.07 Å². The van der Waals surface area contributed by atoms with E-state index < -0.39 is 0 Å². The van der Waals surface area contributed by atoms with E-state index in [1.165, 1.54) is 5.56 Å². The molecule has 1 unspecified atom stereocenters. The van der Waals surface area contributed by atoms with Crippen LogP contribution in [0.15, 0.2) is 24.3 Å². The number of ether oxygens (including phenoxy) is 1. The highest BCUT2D eigenvalue weighted by molar-refractivity contribution is 5.28. The van der Waals surface area contributed by atoms with Gasteiger partial charge in [-0.15, -0.1) is 0 Å². The highest BCUT2D eigenvalue weighted by Gasteiger charge is 2.07. The maximum Gasteiger partial charge on any atom is 0.120 e. The van der Waals surface area contributed by atoms with Gasteiger partial charge in [-0.05, 0) is 51.6 Å². The van der Waals surface area contributed by atoms with Crippen molar-refractivity contribution in [2.24, 2.45) is 0 Å².